The highest BCUT2D eigenvalue weighted by Crippen LogP contribution is 2.39. The molecule has 1 saturated heterocycles. The molecule has 27 heavy (non-hydrogen) atoms. The van der Waals surface area contributed by atoms with Crippen LogP contribution < -0.4 is 4.90 Å². The molecule has 0 radical (unpaired) electrons. The summed E-state index contributed by atoms with van der Waals surface area (Å²) < 4.78 is 0. The van der Waals surface area contributed by atoms with Crippen LogP contribution in [0, 0.1) is 0 Å². The van der Waals surface area contributed by atoms with Crippen molar-refractivity contribution in [3.63, 3.8) is 0 Å². The van der Waals surface area contributed by atoms with Gasteiger partial charge >= 0.3 is 0 Å². The van der Waals surface area contributed by atoms with E-state index in [9.17, 15) is 0 Å². The maximum Gasteiger partial charge on any atom is 0.225 e. The fraction of sp³-hybridized carbons (Fsp3) is 0.429. The van der Waals surface area contributed by atoms with Crippen LogP contribution in [0.5, 0.6) is 0 Å². The molecule has 0 aliphatic carbocycles. The Morgan fingerprint density at radius 3 is 2.41 bits per heavy atom. The van der Waals surface area contributed by atoms with E-state index in [2.05, 4.69) is 70.2 Å². The van der Waals surface area contributed by atoms with Crippen LogP contribution in [-0.4, -0.2) is 47.6 Å². The standard InChI is InChI=1S/C21H25ClN4S/c1-4-25-9-11-26(12-10-25)19-18-17(13-27-20(18)24-21(22)23-19)16-7-5-15(6-8-16)14(2)3/h5-8,13-14H,4,9-12H2,1-3H3. The molecule has 0 bridgehead atoms. The maximum atomic E-state index is 6.26. The van der Waals surface area contributed by atoms with Gasteiger partial charge in [0.05, 0.1) is 5.39 Å². The molecule has 4 nitrogen and oxygen atoms in total. The zero-order valence-corrected chi connectivity index (χ0v) is 17.6. The third kappa shape index (κ3) is 3.68. The molecule has 0 amide bonds. The summed E-state index contributed by atoms with van der Waals surface area (Å²) in [6.07, 6.45) is 0. The smallest absolute Gasteiger partial charge is 0.225 e. The van der Waals surface area contributed by atoms with Gasteiger partial charge in [0, 0.05) is 37.1 Å². The SMILES string of the molecule is CCN1CCN(c2nc(Cl)nc3scc(-c4ccc(C(C)C)cc4)c23)CC1. The van der Waals surface area contributed by atoms with Gasteiger partial charge in [0.25, 0.3) is 0 Å². The van der Waals surface area contributed by atoms with Crippen molar-refractivity contribution >= 4 is 39.0 Å². The van der Waals surface area contributed by atoms with Crippen LogP contribution in [0.3, 0.4) is 0 Å². The lowest BCUT2D eigenvalue weighted by molar-refractivity contribution is 0.271. The number of rotatable bonds is 4. The lowest BCUT2D eigenvalue weighted by Gasteiger charge is -2.35. The topological polar surface area (TPSA) is 32.3 Å². The van der Waals surface area contributed by atoms with Crippen molar-refractivity contribution in [2.75, 3.05) is 37.6 Å². The first-order chi connectivity index (χ1) is 13.1. The Balaban J connectivity index is 1.77. The first-order valence-corrected chi connectivity index (χ1v) is 10.8. The third-order valence-corrected chi connectivity index (χ3v) is 6.44. The van der Waals surface area contributed by atoms with Gasteiger partial charge in [0.1, 0.15) is 10.6 Å². The highest BCUT2D eigenvalue weighted by molar-refractivity contribution is 7.17. The fourth-order valence-corrected chi connectivity index (χ4v) is 4.82. The summed E-state index contributed by atoms with van der Waals surface area (Å²) in [6, 6.07) is 8.87. The molecule has 4 rings (SSSR count). The minimum atomic E-state index is 0.332. The highest BCUT2D eigenvalue weighted by atomic mass is 35.5. The average molecular weight is 401 g/mol. The number of fused-ring (bicyclic) bond motifs is 1. The monoisotopic (exact) mass is 400 g/mol. The lowest BCUT2D eigenvalue weighted by atomic mass is 9.99. The molecule has 3 heterocycles. The largest absolute Gasteiger partial charge is 0.353 e. The Bertz CT molecular complexity index is 927. The molecule has 0 atom stereocenters. The average Bonchev–Trinajstić information content (AvgIpc) is 3.11. The van der Waals surface area contributed by atoms with Crippen molar-refractivity contribution in [3.8, 4) is 11.1 Å². The van der Waals surface area contributed by atoms with Crippen molar-refractivity contribution in [1.29, 1.82) is 0 Å². The van der Waals surface area contributed by atoms with E-state index < -0.39 is 0 Å². The summed E-state index contributed by atoms with van der Waals surface area (Å²) in [6.45, 7) is 11.8. The van der Waals surface area contributed by atoms with Gasteiger partial charge in [0.2, 0.25) is 5.28 Å². The zero-order chi connectivity index (χ0) is 19.0. The van der Waals surface area contributed by atoms with E-state index >= 15 is 0 Å². The Morgan fingerprint density at radius 2 is 1.78 bits per heavy atom. The van der Waals surface area contributed by atoms with E-state index in [-0.39, 0.29) is 0 Å². The summed E-state index contributed by atoms with van der Waals surface area (Å²) in [7, 11) is 0. The van der Waals surface area contributed by atoms with Crippen LogP contribution in [0.15, 0.2) is 29.6 Å². The molecule has 1 aliphatic rings. The Kier molecular flexibility index (Phi) is 5.35. The minimum Gasteiger partial charge on any atom is -0.353 e. The van der Waals surface area contributed by atoms with Crippen molar-refractivity contribution < 1.29 is 0 Å². The normalized spacial score (nSPS) is 15.8. The Morgan fingerprint density at radius 1 is 1.07 bits per heavy atom. The summed E-state index contributed by atoms with van der Waals surface area (Å²) in [5.74, 6) is 1.51. The molecule has 0 saturated carbocycles. The van der Waals surface area contributed by atoms with E-state index in [0.717, 1.165) is 48.8 Å². The molecular weight excluding hydrogens is 376 g/mol. The molecule has 0 unspecified atom stereocenters. The van der Waals surface area contributed by atoms with Crippen molar-refractivity contribution in [3.05, 3.63) is 40.5 Å². The molecule has 142 valence electrons. The quantitative estimate of drug-likeness (QED) is 0.558. The van der Waals surface area contributed by atoms with Gasteiger partial charge in [-0.15, -0.1) is 11.3 Å². The number of aromatic nitrogens is 2. The summed E-state index contributed by atoms with van der Waals surface area (Å²) in [5, 5.41) is 3.65. The third-order valence-electron chi connectivity index (χ3n) is 5.39. The predicted octanol–water partition coefficient (Wildman–Crippen LogP) is 5.28. The van der Waals surface area contributed by atoms with Gasteiger partial charge in [-0.2, -0.15) is 4.98 Å². The van der Waals surface area contributed by atoms with Crippen LogP contribution >= 0.6 is 22.9 Å². The van der Waals surface area contributed by atoms with E-state index in [1.807, 2.05) is 0 Å². The minimum absolute atomic E-state index is 0.332. The van der Waals surface area contributed by atoms with Gasteiger partial charge in [-0.1, -0.05) is 45.0 Å². The van der Waals surface area contributed by atoms with E-state index in [4.69, 9.17) is 11.6 Å². The van der Waals surface area contributed by atoms with Crippen molar-refractivity contribution in [1.82, 2.24) is 14.9 Å². The molecule has 1 aliphatic heterocycles. The molecule has 0 N–H and O–H groups in total. The van der Waals surface area contributed by atoms with Gasteiger partial charge in [-0.05, 0) is 35.2 Å². The number of hydrogen-bond acceptors (Lipinski definition) is 5. The first kappa shape index (κ1) is 18.7. The highest BCUT2D eigenvalue weighted by Gasteiger charge is 2.23. The molecule has 3 aromatic rings. The number of nitrogens with zero attached hydrogens (tertiary/aromatic N) is 4. The maximum absolute atomic E-state index is 6.26. The van der Waals surface area contributed by atoms with Crippen LogP contribution in [0.25, 0.3) is 21.3 Å². The van der Waals surface area contributed by atoms with Crippen LogP contribution in [0.1, 0.15) is 32.3 Å². The van der Waals surface area contributed by atoms with Gasteiger partial charge in [-0.3, -0.25) is 0 Å². The van der Waals surface area contributed by atoms with E-state index in [0.29, 0.717) is 11.2 Å². The summed E-state index contributed by atoms with van der Waals surface area (Å²) >= 11 is 7.90. The van der Waals surface area contributed by atoms with Crippen LogP contribution in [0.4, 0.5) is 5.82 Å². The fourth-order valence-electron chi connectivity index (χ4n) is 3.66. The van der Waals surface area contributed by atoms with Gasteiger partial charge < -0.3 is 9.80 Å². The zero-order valence-electron chi connectivity index (χ0n) is 16.1. The molecular formula is C21H25ClN4S. The number of benzene rings is 1. The van der Waals surface area contributed by atoms with Gasteiger partial charge in [-0.25, -0.2) is 4.98 Å². The number of halogens is 1. The molecule has 6 heteroatoms. The van der Waals surface area contributed by atoms with Gasteiger partial charge in [0.15, 0.2) is 0 Å². The molecule has 2 aromatic heterocycles. The molecule has 1 fully saturated rings. The number of piperazine rings is 1. The van der Waals surface area contributed by atoms with Crippen LogP contribution in [-0.2, 0) is 0 Å². The van der Waals surface area contributed by atoms with Crippen molar-refractivity contribution in [2.24, 2.45) is 0 Å². The lowest BCUT2D eigenvalue weighted by Crippen LogP contribution is -2.46. The van der Waals surface area contributed by atoms with Crippen LogP contribution in [0.2, 0.25) is 5.28 Å². The second kappa shape index (κ2) is 7.74. The number of hydrogen-bond donors (Lipinski definition) is 0. The van der Waals surface area contributed by atoms with E-state index in [1.165, 1.54) is 16.7 Å². The molecule has 1 aromatic carbocycles. The number of anilines is 1. The number of thiophene rings is 1. The van der Waals surface area contributed by atoms with Crippen molar-refractivity contribution in [2.45, 2.75) is 26.7 Å². The molecule has 0 spiro atoms. The second-order valence-electron chi connectivity index (χ2n) is 7.34. The summed E-state index contributed by atoms with van der Waals surface area (Å²) in [5.41, 5.74) is 3.77. The first-order valence-electron chi connectivity index (χ1n) is 9.59. The Labute approximate surface area is 169 Å². The predicted molar refractivity (Wildman–Crippen MR) is 116 cm³/mol. The summed E-state index contributed by atoms with van der Waals surface area (Å²) in [4.78, 5) is 14.9. The Hall–Kier alpha value is -1.69. The van der Waals surface area contributed by atoms with E-state index in [1.54, 1.807) is 11.3 Å². The second-order valence-corrected chi connectivity index (χ2v) is 8.54. The number of likely N-dealkylation sites (N-methyl/N-ethyl adjacent to an activating group) is 1.